The fraction of sp³-hybridized carbons (Fsp3) is 0.444. The molecular formula is C36H44N2O4. The number of hydrogen-bond acceptors (Lipinski definition) is 6. The SMILES string of the molecule is CCCCC(=O)Oc1ccc2ccc(C(C)(C)C)nc2c1-c1c(OC(=O)CCCC)ccc2ccc(C(C)(C)C)nc12. The van der Waals surface area contributed by atoms with Gasteiger partial charge in [-0.2, -0.15) is 0 Å². The number of benzene rings is 2. The lowest BCUT2D eigenvalue weighted by atomic mass is 9.89. The second-order valence-corrected chi connectivity index (χ2v) is 13.1. The zero-order valence-electron chi connectivity index (χ0n) is 26.4. The van der Waals surface area contributed by atoms with E-state index >= 15 is 0 Å². The number of rotatable bonds is 9. The molecule has 0 fully saturated rings. The maximum Gasteiger partial charge on any atom is 0.311 e. The number of fused-ring (bicyclic) bond motifs is 2. The van der Waals surface area contributed by atoms with E-state index in [0.29, 0.717) is 46.5 Å². The van der Waals surface area contributed by atoms with Crippen LogP contribution in [0.15, 0.2) is 48.5 Å². The van der Waals surface area contributed by atoms with Gasteiger partial charge in [-0.3, -0.25) is 19.6 Å². The molecule has 0 aliphatic heterocycles. The first kappa shape index (κ1) is 31.1. The molecule has 0 atom stereocenters. The molecule has 0 unspecified atom stereocenters. The molecule has 42 heavy (non-hydrogen) atoms. The number of unbranched alkanes of at least 4 members (excludes halogenated alkanes) is 2. The Labute approximate surface area is 249 Å². The third-order valence-corrected chi connectivity index (χ3v) is 7.35. The molecular weight excluding hydrogens is 524 g/mol. The van der Waals surface area contributed by atoms with E-state index in [9.17, 15) is 9.59 Å². The highest BCUT2D eigenvalue weighted by atomic mass is 16.5. The Balaban J connectivity index is 2.11. The smallest absolute Gasteiger partial charge is 0.311 e. The predicted molar refractivity (Wildman–Crippen MR) is 170 cm³/mol. The van der Waals surface area contributed by atoms with Gasteiger partial charge in [0.25, 0.3) is 0 Å². The largest absolute Gasteiger partial charge is 0.426 e. The third-order valence-electron chi connectivity index (χ3n) is 7.35. The van der Waals surface area contributed by atoms with Crippen LogP contribution in [0.2, 0.25) is 0 Å². The quantitative estimate of drug-likeness (QED) is 0.148. The van der Waals surface area contributed by atoms with Crippen molar-refractivity contribution in [3.05, 3.63) is 59.9 Å². The zero-order chi connectivity index (χ0) is 30.7. The molecule has 2 aromatic heterocycles. The van der Waals surface area contributed by atoms with Crippen molar-refractivity contribution in [2.45, 2.75) is 105 Å². The molecule has 6 nitrogen and oxygen atoms in total. The minimum absolute atomic E-state index is 0.217. The van der Waals surface area contributed by atoms with E-state index in [-0.39, 0.29) is 22.8 Å². The van der Waals surface area contributed by atoms with Crippen LogP contribution in [0.4, 0.5) is 0 Å². The molecule has 0 saturated heterocycles. The molecule has 2 heterocycles. The van der Waals surface area contributed by atoms with Gasteiger partial charge in [-0.05, 0) is 49.2 Å². The average Bonchev–Trinajstić information content (AvgIpc) is 2.93. The van der Waals surface area contributed by atoms with Crippen molar-refractivity contribution < 1.29 is 19.1 Å². The lowest BCUT2D eigenvalue weighted by Crippen LogP contribution is -2.15. The fourth-order valence-electron chi connectivity index (χ4n) is 4.82. The van der Waals surface area contributed by atoms with Crippen molar-refractivity contribution in [2.75, 3.05) is 0 Å². The van der Waals surface area contributed by atoms with Crippen molar-refractivity contribution in [2.24, 2.45) is 0 Å². The number of aromatic nitrogens is 2. The fourth-order valence-corrected chi connectivity index (χ4v) is 4.82. The second-order valence-electron chi connectivity index (χ2n) is 13.1. The van der Waals surface area contributed by atoms with Crippen LogP contribution in [-0.2, 0) is 20.4 Å². The first-order valence-electron chi connectivity index (χ1n) is 15.1. The first-order chi connectivity index (χ1) is 19.8. The van der Waals surface area contributed by atoms with E-state index in [1.807, 2.05) is 62.4 Å². The Morgan fingerprint density at radius 1 is 0.595 bits per heavy atom. The van der Waals surface area contributed by atoms with Gasteiger partial charge in [0.15, 0.2) is 0 Å². The van der Waals surface area contributed by atoms with Crippen molar-refractivity contribution in [1.82, 2.24) is 9.97 Å². The summed E-state index contributed by atoms with van der Waals surface area (Å²) in [5.41, 5.74) is 3.91. The molecule has 0 radical (unpaired) electrons. The van der Waals surface area contributed by atoms with Gasteiger partial charge in [-0.1, -0.05) is 80.4 Å². The number of hydrogen-bond donors (Lipinski definition) is 0. The van der Waals surface area contributed by atoms with Crippen LogP contribution in [0.3, 0.4) is 0 Å². The molecule has 0 saturated carbocycles. The van der Waals surface area contributed by atoms with Crippen LogP contribution in [-0.4, -0.2) is 21.9 Å². The second kappa shape index (κ2) is 12.6. The molecule has 0 aliphatic carbocycles. The van der Waals surface area contributed by atoms with Crippen LogP contribution in [0.1, 0.15) is 105 Å². The van der Waals surface area contributed by atoms with Crippen LogP contribution in [0.5, 0.6) is 11.5 Å². The number of esters is 2. The maximum absolute atomic E-state index is 13.0. The van der Waals surface area contributed by atoms with Gasteiger partial charge in [0.2, 0.25) is 0 Å². The topological polar surface area (TPSA) is 78.4 Å². The van der Waals surface area contributed by atoms with E-state index in [2.05, 4.69) is 41.5 Å². The molecule has 0 amide bonds. The summed E-state index contributed by atoms with van der Waals surface area (Å²) in [5, 5.41) is 1.78. The van der Waals surface area contributed by atoms with Gasteiger partial charge in [0, 0.05) is 45.8 Å². The summed E-state index contributed by atoms with van der Waals surface area (Å²) < 4.78 is 12.1. The summed E-state index contributed by atoms with van der Waals surface area (Å²) in [4.78, 5) is 36.3. The number of carbonyl (C=O) groups excluding carboxylic acids is 2. The third kappa shape index (κ3) is 6.97. The molecule has 0 bridgehead atoms. The summed E-state index contributed by atoms with van der Waals surface area (Å²) in [5.74, 6) is 0.135. The van der Waals surface area contributed by atoms with Crippen molar-refractivity contribution >= 4 is 33.7 Å². The minimum atomic E-state index is -0.311. The van der Waals surface area contributed by atoms with E-state index in [0.717, 1.165) is 47.8 Å². The zero-order valence-corrected chi connectivity index (χ0v) is 26.4. The van der Waals surface area contributed by atoms with Crippen LogP contribution >= 0.6 is 0 Å². The summed E-state index contributed by atoms with van der Waals surface area (Å²) in [7, 11) is 0. The lowest BCUT2D eigenvalue weighted by Gasteiger charge is -2.22. The highest BCUT2D eigenvalue weighted by Gasteiger charge is 2.26. The molecule has 0 aliphatic rings. The van der Waals surface area contributed by atoms with E-state index in [4.69, 9.17) is 19.4 Å². The van der Waals surface area contributed by atoms with Crippen molar-refractivity contribution in [3.8, 4) is 22.6 Å². The number of nitrogens with zero attached hydrogens (tertiary/aromatic N) is 2. The molecule has 4 rings (SSSR count). The highest BCUT2D eigenvalue weighted by molar-refractivity contribution is 6.08. The monoisotopic (exact) mass is 568 g/mol. The van der Waals surface area contributed by atoms with Gasteiger partial charge in [0.1, 0.15) is 11.5 Å². The maximum atomic E-state index is 13.0. The Morgan fingerprint density at radius 2 is 0.952 bits per heavy atom. The molecule has 6 heteroatoms. The molecule has 4 aromatic rings. The summed E-state index contributed by atoms with van der Waals surface area (Å²) in [6.45, 7) is 16.8. The molecule has 222 valence electrons. The Morgan fingerprint density at radius 3 is 1.29 bits per heavy atom. The van der Waals surface area contributed by atoms with Crippen LogP contribution in [0.25, 0.3) is 32.9 Å². The number of carbonyl (C=O) groups is 2. The summed E-state index contributed by atoms with van der Waals surface area (Å²) in [6.07, 6.45) is 3.86. The van der Waals surface area contributed by atoms with Gasteiger partial charge in [0.05, 0.1) is 22.2 Å². The predicted octanol–water partition coefficient (Wildman–Crippen LogP) is 9.24. The first-order valence-corrected chi connectivity index (χ1v) is 15.1. The van der Waals surface area contributed by atoms with Crippen LogP contribution < -0.4 is 9.47 Å². The minimum Gasteiger partial charge on any atom is -0.426 e. The van der Waals surface area contributed by atoms with Gasteiger partial charge < -0.3 is 9.47 Å². The van der Waals surface area contributed by atoms with Gasteiger partial charge in [-0.25, -0.2) is 0 Å². The normalized spacial score (nSPS) is 12.1. The highest BCUT2D eigenvalue weighted by Crippen LogP contribution is 2.45. The van der Waals surface area contributed by atoms with Crippen molar-refractivity contribution in [1.29, 1.82) is 0 Å². The lowest BCUT2D eigenvalue weighted by molar-refractivity contribution is -0.135. The Kier molecular flexibility index (Phi) is 9.34. The van der Waals surface area contributed by atoms with Crippen molar-refractivity contribution in [3.63, 3.8) is 0 Å². The summed E-state index contributed by atoms with van der Waals surface area (Å²) >= 11 is 0. The standard InChI is InChI=1S/C36H44N2O4/c1-9-11-13-29(39)41-25-19-15-23-17-21-27(35(3,4)5)37-33(23)31(25)32-26(42-30(40)14-12-10-2)20-16-24-18-22-28(36(6,7)8)38-34(24)32/h15-22H,9-14H2,1-8H3. The number of ether oxygens (including phenoxy) is 2. The molecule has 2 aromatic carbocycles. The Hall–Kier alpha value is -3.80. The van der Waals surface area contributed by atoms with E-state index in [1.165, 1.54) is 0 Å². The van der Waals surface area contributed by atoms with E-state index < -0.39 is 0 Å². The average molecular weight is 569 g/mol. The molecule has 0 spiro atoms. The van der Waals surface area contributed by atoms with Gasteiger partial charge >= 0.3 is 11.9 Å². The van der Waals surface area contributed by atoms with E-state index in [1.54, 1.807) is 0 Å². The summed E-state index contributed by atoms with van der Waals surface area (Å²) in [6, 6.07) is 15.6. The number of pyridine rings is 2. The molecule has 0 N–H and O–H groups in total. The van der Waals surface area contributed by atoms with Crippen LogP contribution in [0, 0.1) is 0 Å². The van der Waals surface area contributed by atoms with Gasteiger partial charge in [-0.15, -0.1) is 0 Å². The Bertz CT molecular complexity index is 1490.